The number of allylic oxidation sites excluding steroid dienone is 1. The van der Waals surface area contributed by atoms with Crippen LogP contribution in [0.5, 0.6) is 0 Å². The summed E-state index contributed by atoms with van der Waals surface area (Å²) in [6.45, 7) is 6.30. The predicted octanol–water partition coefficient (Wildman–Crippen LogP) is 5.69. The van der Waals surface area contributed by atoms with E-state index in [2.05, 4.69) is 35.1 Å². The van der Waals surface area contributed by atoms with Gasteiger partial charge in [-0.1, -0.05) is 54.0 Å². The van der Waals surface area contributed by atoms with Gasteiger partial charge < -0.3 is 5.32 Å². The number of nitrogens with one attached hydrogen (secondary N) is 1. The molecular weight excluding hydrogens is 338 g/mol. The molecule has 0 unspecified atom stereocenters. The first-order valence-electron chi connectivity index (χ1n) is 7.31. The molecule has 0 aliphatic heterocycles. The quantitative estimate of drug-likeness (QED) is 0.550. The number of benzene rings is 2. The SMILES string of the molecule is Cc1cc(Br)ccc1N/C=C/C(=O)c1ccc(C(C)C)cc1. The first kappa shape index (κ1) is 16.5. The fourth-order valence-electron chi connectivity index (χ4n) is 2.12. The molecule has 0 atom stereocenters. The number of carbonyl (C=O) groups excluding carboxylic acids is 1. The zero-order valence-corrected chi connectivity index (χ0v) is 14.6. The number of aryl methyl sites for hydroxylation is 1. The van der Waals surface area contributed by atoms with Crippen LogP contribution < -0.4 is 5.32 Å². The van der Waals surface area contributed by atoms with Crippen molar-refractivity contribution in [2.45, 2.75) is 26.7 Å². The number of hydrogen-bond donors (Lipinski definition) is 1. The summed E-state index contributed by atoms with van der Waals surface area (Å²) in [4.78, 5) is 12.1. The van der Waals surface area contributed by atoms with Crippen LogP contribution >= 0.6 is 15.9 Å². The van der Waals surface area contributed by atoms with Crippen molar-refractivity contribution in [1.29, 1.82) is 0 Å². The zero-order chi connectivity index (χ0) is 16.1. The van der Waals surface area contributed by atoms with E-state index in [4.69, 9.17) is 0 Å². The number of anilines is 1. The Hall–Kier alpha value is -1.87. The third-order valence-electron chi connectivity index (χ3n) is 3.52. The summed E-state index contributed by atoms with van der Waals surface area (Å²) in [7, 11) is 0. The van der Waals surface area contributed by atoms with Crippen molar-refractivity contribution in [2.75, 3.05) is 5.32 Å². The first-order valence-corrected chi connectivity index (χ1v) is 8.10. The molecule has 0 heterocycles. The maximum Gasteiger partial charge on any atom is 0.187 e. The Labute approximate surface area is 140 Å². The molecule has 0 aliphatic rings. The third-order valence-corrected chi connectivity index (χ3v) is 4.02. The van der Waals surface area contributed by atoms with Gasteiger partial charge in [-0.25, -0.2) is 0 Å². The molecular formula is C19H20BrNO. The zero-order valence-electron chi connectivity index (χ0n) is 13.1. The highest BCUT2D eigenvalue weighted by molar-refractivity contribution is 9.10. The van der Waals surface area contributed by atoms with Gasteiger partial charge in [0.05, 0.1) is 0 Å². The lowest BCUT2D eigenvalue weighted by atomic mass is 10.0. The number of halogens is 1. The Bertz CT molecular complexity index is 687. The Morgan fingerprint density at radius 2 is 1.82 bits per heavy atom. The monoisotopic (exact) mass is 357 g/mol. The average molecular weight is 358 g/mol. The Morgan fingerprint density at radius 1 is 1.14 bits per heavy atom. The highest BCUT2D eigenvalue weighted by Crippen LogP contribution is 2.20. The number of ketones is 1. The summed E-state index contributed by atoms with van der Waals surface area (Å²) in [6.07, 6.45) is 3.25. The number of carbonyl (C=O) groups is 1. The lowest BCUT2D eigenvalue weighted by Gasteiger charge is -2.06. The smallest absolute Gasteiger partial charge is 0.187 e. The Morgan fingerprint density at radius 3 is 2.41 bits per heavy atom. The van der Waals surface area contributed by atoms with Crippen molar-refractivity contribution >= 4 is 27.4 Å². The fraction of sp³-hybridized carbons (Fsp3) is 0.211. The van der Waals surface area contributed by atoms with Gasteiger partial charge in [0.2, 0.25) is 0 Å². The van der Waals surface area contributed by atoms with E-state index < -0.39 is 0 Å². The van der Waals surface area contributed by atoms with Gasteiger partial charge in [-0.15, -0.1) is 0 Å². The van der Waals surface area contributed by atoms with E-state index in [0.29, 0.717) is 11.5 Å². The molecule has 0 fully saturated rings. The molecule has 2 aromatic carbocycles. The molecule has 0 amide bonds. The van der Waals surface area contributed by atoms with Crippen molar-refractivity contribution in [1.82, 2.24) is 0 Å². The van der Waals surface area contributed by atoms with E-state index in [0.717, 1.165) is 15.7 Å². The number of hydrogen-bond acceptors (Lipinski definition) is 2. The summed E-state index contributed by atoms with van der Waals surface area (Å²) >= 11 is 3.43. The van der Waals surface area contributed by atoms with E-state index in [1.165, 1.54) is 5.56 Å². The van der Waals surface area contributed by atoms with Gasteiger partial charge in [0.15, 0.2) is 5.78 Å². The molecule has 2 nitrogen and oxygen atoms in total. The minimum Gasteiger partial charge on any atom is -0.361 e. The van der Waals surface area contributed by atoms with E-state index in [9.17, 15) is 4.79 Å². The lowest BCUT2D eigenvalue weighted by Crippen LogP contribution is -1.98. The second-order valence-corrected chi connectivity index (χ2v) is 6.49. The van der Waals surface area contributed by atoms with Crippen molar-refractivity contribution in [2.24, 2.45) is 0 Å². The average Bonchev–Trinajstić information content (AvgIpc) is 2.49. The second-order valence-electron chi connectivity index (χ2n) is 5.58. The maximum atomic E-state index is 12.1. The second kappa shape index (κ2) is 7.41. The standard InChI is InChI=1S/C19H20BrNO/c1-13(2)15-4-6-16(7-5-15)19(22)10-11-21-18-9-8-17(20)12-14(18)3/h4-13,21H,1-3H3/b11-10+. The molecule has 0 aliphatic carbocycles. The van der Waals surface area contributed by atoms with Crippen LogP contribution in [0.15, 0.2) is 59.2 Å². The maximum absolute atomic E-state index is 12.1. The molecule has 22 heavy (non-hydrogen) atoms. The van der Waals surface area contributed by atoms with E-state index in [1.807, 2.05) is 49.4 Å². The van der Waals surface area contributed by atoms with Gasteiger partial charge in [-0.2, -0.15) is 0 Å². The van der Waals surface area contributed by atoms with Gasteiger partial charge in [-0.05, 0) is 42.2 Å². The van der Waals surface area contributed by atoms with Crippen LogP contribution in [0.1, 0.15) is 41.3 Å². The highest BCUT2D eigenvalue weighted by Gasteiger charge is 2.03. The van der Waals surface area contributed by atoms with Crippen LogP contribution in [-0.4, -0.2) is 5.78 Å². The summed E-state index contributed by atoms with van der Waals surface area (Å²) in [6, 6.07) is 13.8. The van der Waals surface area contributed by atoms with Gasteiger partial charge in [-0.3, -0.25) is 4.79 Å². The van der Waals surface area contributed by atoms with Crippen LogP contribution in [0.3, 0.4) is 0 Å². The Kier molecular flexibility index (Phi) is 5.56. The van der Waals surface area contributed by atoms with Crippen LogP contribution in [-0.2, 0) is 0 Å². The molecule has 3 heteroatoms. The molecule has 0 aromatic heterocycles. The normalized spacial score (nSPS) is 11.1. The molecule has 0 spiro atoms. The summed E-state index contributed by atoms with van der Waals surface area (Å²) < 4.78 is 1.04. The molecule has 0 radical (unpaired) electrons. The van der Waals surface area contributed by atoms with Crippen LogP contribution in [0.2, 0.25) is 0 Å². The van der Waals surface area contributed by atoms with Crippen molar-refractivity contribution in [3.05, 3.63) is 75.9 Å². The van der Waals surface area contributed by atoms with Gasteiger partial charge >= 0.3 is 0 Å². The molecule has 2 aromatic rings. The molecule has 0 saturated carbocycles. The van der Waals surface area contributed by atoms with Gasteiger partial charge in [0.25, 0.3) is 0 Å². The van der Waals surface area contributed by atoms with Crippen molar-refractivity contribution in [3.63, 3.8) is 0 Å². The minimum atomic E-state index is -0.00225. The van der Waals surface area contributed by atoms with Gasteiger partial charge in [0, 0.05) is 28.0 Å². The van der Waals surface area contributed by atoms with Crippen molar-refractivity contribution < 1.29 is 4.79 Å². The Balaban J connectivity index is 2.02. The minimum absolute atomic E-state index is 0.00225. The van der Waals surface area contributed by atoms with E-state index >= 15 is 0 Å². The van der Waals surface area contributed by atoms with E-state index in [-0.39, 0.29) is 5.78 Å². The molecule has 0 bridgehead atoms. The highest BCUT2D eigenvalue weighted by atomic mass is 79.9. The van der Waals surface area contributed by atoms with Crippen LogP contribution in [0.25, 0.3) is 0 Å². The largest absolute Gasteiger partial charge is 0.361 e. The van der Waals surface area contributed by atoms with E-state index in [1.54, 1.807) is 12.3 Å². The lowest BCUT2D eigenvalue weighted by molar-refractivity contribution is 0.104. The summed E-state index contributed by atoms with van der Waals surface area (Å²) in [5, 5.41) is 3.15. The van der Waals surface area contributed by atoms with Crippen LogP contribution in [0, 0.1) is 6.92 Å². The van der Waals surface area contributed by atoms with Crippen LogP contribution in [0.4, 0.5) is 5.69 Å². The third kappa shape index (κ3) is 4.31. The molecule has 0 saturated heterocycles. The molecule has 1 N–H and O–H groups in total. The van der Waals surface area contributed by atoms with Crippen molar-refractivity contribution in [3.8, 4) is 0 Å². The number of rotatable bonds is 5. The van der Waals surface area contributed by atoms with Gasteiger partial charge in [0.1, 0.15) is 0 Å². The first-order chi connectivity index (χ1) is 10.5. The fourth-order valence-corrected chi connectivity index (χ4v) is 2.60. The molecule has 114 valence electrons. The topological polar surface area (TPSA) is 29.1 Å². The summed E-state index contributed by atoms with van der Waals surface area (Å²) in [5.74, 6) is 0.472. The molecule has 2 rings (SSSR count). The predicted molar refractivity (Wildman–Crippen MR) is 96.5 cm³/mol. The summed E-state index contributed by atoms with van der Waals surface area (Å²) in [5.41, 5.74) is 4.05.